The average Bonchev–Trinajstić information content (AvgIpc) is 3.06. The Morgan fingerprint density at radius 2 is 1.88 bits per heavy atom. The highest BCUT2D eigenvalue weighted by atomic mass is 16.5. The average molecular weight is 439 g/mol. The maximum atomic E-state index is 13.1. The lowest BCUT2D eigenvalue weighted by molar-refractivity contribution is 0.0525. The predicted molar refractivity (Wildman–Crippen MR) is 123 cm³/mol. The third-order valence-electron chi connectivity index (χ3n) is 5.43. The number of nitrogens with zero attached hydrogens (tertiary/aromatic N) is 2. The van der Waals surface area contributed by atoms with Crippen LogP contribution in [0.5, 0.6) is 0 Å². The van der Waals surface area contributed by atoms with Crippen molar-refractivity contribution in [2.45, 2.75) is 47.1 Å². The van der Waals surface area contributed by atoms with Crippen LogP contribution in [0.15, 0.2) is 29.1 Å². The summed E-state index contributed by atoms with van der Waals surface area (Å²) in [6.07, 6.45) is 1.88. The second-order valence-corrected chi connectivity index (χ2v) is 7.86. The number of esters is 1. The van der Waals surface area contributed by atoms with Crippen LogP contribution in [0.4, 0.5) is 0 Å². The molecule has 0 atom stereocenters. The first-order chi connectivity index (χ1) is 15.3. The van der Waals surface area contributed by atoms with Crippen molar-refractivity contribution in [2.75, 3.05) is 19.7 Å². The molecule has 0 aliphatic carbocycles. The van der Waals surface area contributed by atoms with Crippen molar-refractivity contribution in [1.29, 1.82) is 0 Å². The Balaban J connectivity index is 1.83. The predicted octanol–water partition coefficient (Wildman–Crippen LogP) is 3.53. The number of aromatic amines is 2. The van der Waals surface area contributed by atoms with E-state index in [0.717, 1.165) is 12.8 Å². The van der Waals surface area contributed by atoms with Gasteiger partial charge in [0.2, 0.25) is 0 Å². The van der Waals surface area contributed by atoms with E-state index in [2.05, 4.69) is 21.9 Å². The molecule has 0 saturated carbocycles. The normalized spacial score (nSPS) is 11.3. The fraction of sp³-hybridized carbons (Fsp3) is 0.417. The lowest BCUT2D eigenvalue weighted by Gasteiger charge is -2.21. The summed E-state index contributed by atoms with van der Waals surface area (Å²) >= 11 is 0. The number of ketones is 1. The van der Waals surface area contributed by atoms with E-state index in [9.17, 15) is 14.4 Å². The molecule has 0 spiro atoms. The van der Waals surface area contributed by atoms with Gasteiger partial charge in [0.15, 0.2) is 5.78 Å². The number of carbonyl (C=O) groups excluding carboxylic acids is 2. The van der Waals surface area contributed by atoms with Gasteiger partial charge in [-0.1, -0.05) is 25.5 Å². The molecule has 3 aromatic rings. The van der Waals surface area contributed by atoms with E-state index < -0.39 is 5.97 Å². The van der Waals surface area contributed by atoms with Gasteiger partial charge in [0.1, 0.15) is 5.82 Å². The van der Waals surface area contributed by atoms with Crippen molar-refractivity contribution in [3.05, 3.63) is 63.0 Å². The highest BCUT2D eigenvalue weighted by molar-refractivity contribution is 6.02. The zero-order valence-corrected chi connectivity index (χ0v) is 19.1. The summed E-state index contributed by atoms with van der Waals surface area (Å²) in [7, 11) is 0. The fourth-order valence-electron chi connectivity index (χ4n) is 3.84. The molecule has 0 radical (unpaired) electrons. The third kappa shape index (κ3) is 5.13. The molecular weight excluding hydrogens is 408 g/mol. The number of para-hydroxylation sites is 1. The van der Waals surface area contributed by atoms with Gasteiger partial charge in [-0.3, -0.25) is 14.5 Å². The smallest absolute Gasteiger partial charge is 0.340 e. The topological polar surface area (TPSA) is 108 Å². The lowest BCUT2D eigenvalue weighted by atomic mass is 10.1. The number of carbonyl (C=O) groups is 2. The van der Waals surface area contributed by atoms with E-state index in [1.165, 1.54) is 0 Å². The molecule has 8 heteroatoms. The minimum Gasteiger partial charge on any atom is -0.462 e. The van der Waals surface area contributed by atoms with Crippen LogP contribution >= 0.6 is 0 Å². The molecular formula is C24H30N4O4. The number of ether oxygens (including phenoxy) is 1. The molecule has 0 bridgehead atoms. The van der Waals surface area contributed by atoms with E-state index in [1.807, 2.05) is 11.0 Å². The van der Waals surface area contributed by atoms with Crippen LogP contribution in [0.2, 0.25) is 0 Å². The largest absolute Gasteiger partial charge is 0.462 e. The van der Waals surface area contributed by atoms with E-state index in [0.29, 0.717) is 52.3 Å². The van der Waals surface area contributed by atoms with Gasteiger partial charge < -0.3 is 14.7 Å². The van der Waals surface area contributed by atoms with Gasteiger partial charge in [-0.2, -0.15) is 0 Å². The standard InChI is InChI=1S/C24H30N4O4/c1-5-7-12-28(14-20-26-18-11-9-8-10-17(18)23(30)27-20)13-19(29)22-15(3)21(16(4)25-22)24(31)32-6-2/h8-11,25H,5-7,12-14H2,1-4H3,(H,26,27,30). The molecule has 2 heterocycles. The Morgan fingerprint density at radius 1 is 1.12 bits per heavy atom. The van der Waals surface area contributed by atoms with Gasteiger partial charge in [-0.05, 0) is 51.4 Å². The van der Waals surface area contributed by atoms with Crippen molar-refractivity contribution in [3.63, 3.8) is 0 Å². The SMILES string of the molecule is CCCCN(CC(=O)c1[nH]c(C)c(C(=O)OCC)c1C)Cc1nc2ccccc2c(=O)[nH]1. The molecule has 32 heavy (non-hydrogen) atoms. The molecule has 0 fully saturated rings. The lowest BCUT2D eigenvalue weighted by Crippen LogP contribution is -2.32. The number of unbranched alkanes of at least 4 members (excludes halogenated alkanes) is 1. The van der Waals surface area contributed by atoms with Gasteiger partial charge in [-0.25, -0.2) is 9.78 Å². The van der Waals surface area contributed by atoms with Crippen LogP contribution in [0, 0.1) is 13.8 Å². The number of H-pyrrole nitrogens is 2. The minimum atomic E-state index is -0.432. The maximum absolute atomic E-state index is 13.1. The molecule has 2 aromatic heterocycles. The van der Waals surface area contributed by atoms with Crippen LogP contribution in [-0.2, 0) is 11.3 Å². The molecule has 0 aliphatic rings. The van der Waals surface area contributed by atoms with Crippen molar-refractivity contribution in [1.82, 2.24) is 19.9 Å². The molecule has 0 aliphatic heterocycles. The molecule has 0 unspecified atom stereocenters. The van der Waals surface area contributed by atoms with Crippen LogP contribution in [-0.4, -0.2) is 51.3 Å². The quantitative estimate of drug-likeness (QED) is 0.370. The summed E-state index contributed by atoms with van der Waals surface area (Å²) in [5.41, 5.74) is 2.47. The third-order valence-corrected chi connectivity index (χ3v) is 5.43. The maximum Gasteiger partial charge on any atom is 0.340 e. The highest BCUT2D eigenvalue weighted by Crippen LogP contribution is 2.20. The first-order valence-electron chi connectivity index (χ1n) is 10.9. The van der Waals surface area contributed by atoms with Crippen molar-refractivity contribution < 1.29 is 14.3 Å². The molecule has 0 amide bonds. The number of aromatic nitrogens is 3. The Hall–Kier alpha value is -3.26. The zero-order chi connectivity index (χ0) is 23.3. The summed E-state index contributed by atoms with van der Waals surface area (Å²) in [6.45, 7) is 8.78. The van der Waals surface area contributed by atoms with Gasteiger partial charge in [-0.15, -0.1) is 0 Å². The summed E-state index contributed by atoms with van der Waals surface area (Å²) in [6, 6.07) is 7.18. The number of hydrogen-bond acceptors (Lipinski definition) is 6. The molecule has 8 nitrogen and oxygen atoms in total. The number of nitrogens with one attached hydrogen (secondary N) is 2. The molecule has 170 valence electrons. The number of Topliss-reactive ketones (excluding diaryl/α,β-unsaturated/α-hetero) is 1. The van der Waals surface area contributed by atoms with Crippen LogP contribution in [0.1, 0.15) is 64.6 Å². The van der Waals surface area contributed by atoms with E-state index in [4.69, 9.17) is 4.74 Å². The zero-order valence-electron chi connectivity index (χ0n) is 19.1. The summed E-state index contributed by atoms with van der Waals surface area (Å²) in [5.74, 6) is -0.0387. The Labute approximate surface area is 187 Å². The van der Waals surface area contributed by atoms with Gasteiger partial charge in [0.25, 0.3) is 5.56 Å². The second kappa shape index (κ2) is 10.4. The van der Waals surface area contributed by atoms with Gasteiger partial charge >= 0.3 is 5.97 Å². The number of aryl methyl sites for hydroxylation is 1. The van der Waals surface area contributed by atoms with Crippen LogP contribution in [0.25, 0.3) is 10.9 Å². The minimum absolute atomic E-state index is 0.125. The Bertz CT molecular complexity index is 1180. The number of rotatable bonds is 10. The van der Waals surface area contributed by atoms with E-state index in [1.54, 1.807) is 39.0 Å². The second-order valence-electron chi connectivity index (χ2n) is 7.86. The summed E-state index contributed by atoms with van der Waals surface area (Å²) in [4.78, 5) is 50.2. The first-order valence-corrected chi connectivity index (χ1v) is 10.9. The number of hydrogen-bond donors (Lipinski definition) is 2. The number of fused-ring (bicyclic) bond motifs is 1. The molecule has 0 saturated heterocycles. The molecule has 2 N–H and O–H groups in total. The monoisotopic (exact) mass is 438 g/mol. The first kappa shape index (κ1) is 23.4. The molecule has 3 rings (SSSR count). The van der Waals surface area contributed by atoms with Gasteiger partial charge in [0, 0.05) is 5.69 Å². The van der Waals surface area contributed by atoms with Crippen molar-refractivity contribution in [2.24, 2.45) is 0 Å². The van der Waals surface area contributed by atoms with E-state index in [-0.39, 0.29) is 24.5 Å². The summed E-state index contributed by atoms with van der Waals surface area (Å²) in [5, 5.41) is 0.538. The van der Waals surface area contributed by atoms with Crippen molar-refractivity contribution >= 4 is 22.7 Å². The number of benzene rings is 1. The fourth-order valence-corrected chi connectivity index (χ4v) is 3.84. The molecule has 1 aromatic carbocycles. The Morgan fingerprint density at radius 3 is 2.59 bits per heavy atom. The Kier molecular flexibility index (Phi) is 7.58. The van der Waals surface area contributed by atoms with Crippen molar-refractivity contribution in [3.8, 4) is 0 Å². The van der Waals surface area contributed by atoms with Gasteiger partial charge in [0.05, 0.1) is 41.9 Å². The summed E-state index contributed by atoms with van der Waals surface area (Å²) < 4.78 is 5.12. The van der Waals surface area contributed by atoms with Crippen LogP contribution in [0.3, 0.4) is 0 Å². The highest BCUT2D eigenvalue weighted by Gasteiger charge is 2.24. The van der Waals surface area contributed by atoms with Crippen LogP contribution < -0.4 is 5.56 Å². The van der Waals surface area contributed by atoms with E-state index >= 15 is 0 Å².